The van der Waals surface area contributed by atoms with Crippen molar-refractivity contribution in [3.63, 3.8) is 0 Å². The Morgan fingerprint density at radius 2 is 0.857 bits per heavy atom. The van der Waals surface area contributed by atoms with Crippen molar-refractivity contribution in [2.75, 3.05) is 0 Å². The van der Waals surface area contributed by atoms with Crippen LogP contribution in [0.4, 0.5) is 0 Å². The van der Waals surface area contributed by atoms with Gasteiger partial charge in [0, 0.05) is 43.9 Å². The summed E-state index contributed by atoms with van der Waals surface area (Å²) in [4.78, 5) is 14.9. The van der Waals surface area contributed by atoms with Gasteiger partial charge in [-0.3, -0.25) is 0 Å². The number of fused-ring (bicyclic) bond motifs is 7. The first-order chi connectivity index (χ1) is 27.7. The third kappa shape index (κ3) is 5.37. The number of nitrogens with zero attached hydrogens (tertiary/aromatic N) is 4. The molecule has 3 aromatic heterocycles. The van der Waals surface area contributed by atoms with Gasteiger partial charge in [0.1, 0.15) is 5.58 Å². The topological polar surface area (TPSA) is 56.7 Å². The molecule has 0 amide bonds. The molecule has 0 fully saturated rings. The molecule has 0 unspecified atom stereocenters. The molecular formula is C51H32N4O. The number of aromatic nitrogens is 4. The first kappa shape index (κ1) is 31.9. The summed E-state index contributed by atoms with van der Waals surface area (Å²) in [6.07, 6.45) is 0. The zero-order chi connectivity index (χ0) is 37.0. The van der Waals surface area contributed by atoms with Gasteiger partial charge in [-0.25, -0.2) is 15.0 Å². The highest BCUT2D eigenvalue weighted by atomic mass is 16.3. The highest BCUT2D eigenvalue weighted by Crippen LogP contribution is 2.41. The third-order valence-electron chi connectivity index (χ3n) is 10.7. The van der Waals surface area contributed by atoms with E-state index in [4.69, 9.17) is 19.4 Å². The van der Waals surface area contributed by atoms with Crippen LogP contribution in [0.1, 0.15) is 0 Å². The van der Waals surface area contributed by atoms with Gasteiger partial charge in [0.15, 0.2) is 23.1 Å². The van der Waals surface area contributed by atoms with Gasteiger partial charge < -0.3 is 8.98 Å². The first-order valence-electron chi connectivity index (χ1n) is 18.8. The standard InChI is InChI=1S/C51H32N4O/c1-4-13-33(14-5-1)37-19-12-20-38(31-37)34-23-26-40(27-24-34)55-45-22-11-10-21-41(45)42-28-29-43-44-32-39(25-30-46(44)56-48(43)47(42)55)51-53-49(35-15-6-2-7-16-35)52-50(54-51)36-17-8-3-9-18-36/h1-32H. The van der Waals surface area contributed by atoms with Crippen LogP contribution in [0.2, 0.25) is 0 Å². The Kier molecular flexibility index (Phi) is 7.42. The van der Waals surface area contributed by atoms with Gasteiger partial charge in [-0.2, -0.15) is 0 Å². The largest absolute Gasteiger partial charge is 0.454 e. The minimum atomic E-state index is 0.610. The summed E-state index contributed by atoms with van der Waals surface area (Å²) in [7, 11) is 0. The van der Waals surface area contributed by atoms with Crippen LogP contribution in [-0.4, -0.2) is 19.5 Å². The Hall–Kier alpha value is -7.63. The fraction of sp³-hybridized carbons (Fsp3) is 0. The molecule has 262 valence electrons. The summed E-state index contributed by atoms with van der Waals surface area (Å²) in [5.74, 6) is 1.87. The molecule has 0 saturated carbocycles. The summed E-state index contributed by atoms with van der Waals surface area (Å²) >= 11 is 0. The molecule has 3 heterocycles. The van der Waals surface area contributed by atoms with E-state index in [0.717, 1.165) is 66.3 Å². The Balaban J connectivity index is 1.06. The maximum absolute atomic E-state index is 6.81. The van der Waals surface area contributed by atoms with Crippen molar-refractivity contribution in [3.05, 3.63) is 194 Å². The molecule has 0 aliphatic rings. The van der Waals surface area contributed by atoms with Crippen molar-refractivity contribution in [2.24, 2.45) is 0 Å². The van der Waals surface area contributed by atoms with Gasteiger partial charge in [0.05, 0.1) is 11.0 Å². The van der Waals surface area contributed by atoms with E-state index < -0.39 is 0 Å². The first-order valence-corrected chi connectivity index (χ1v) is 18.8. The minimum absolute atomic E-state index is 0.610. The Bertz CT molecular complexity index is 3160. The number of benzene rings is 8. The van der Waals surface area contributed by atoms with Crippen LogP contribution >= 0.6 is 0 Å². The fourth-order valence-electron chi connectivity index (χ4n) is 7.94. The molecule has 11 rings (SSSR count). The van der Waals surface area contributed by atoms with E-state index in [1.807, 2.05) is 72.8 Å². The highest BCUT2D eigenvalue weighted by molar-refractivity contribution is 6.21. The summed E-state index contributed by atoms with van der Waals surface area (Å²) in [5.41, 5.74) is 12.4. The molecule has 5 heteroatoms. The number of furan rings is 1. The molecule has 0 radical (unpaired) electrons. The zero-order valence-corrected chi connectivity index (χ0v) is 30.2. The summed E-state index contributed by atoms with van der Waals surface area (Å²) in [5, 5.41) is 4.36. The van der Waals surface area contributed by atoms with Gasteiger partial charge in [0.2, 0.25) is 0 Å². The second-order valence-electron chi connectivity index (χ2n) is 14.0. The van der Waals surface area contributed by atoms with Gasteiger partial charge in [-0.1, -0.05) is 146 Å². The van der Waals surface area contributed by atoms with Crippen LogP contribution in [0, 0.1) is 0 Å². The minimum Gasteiger partial charge on any atom is -0.454 e. The lowest BCUT2D eigenvalue weighted by atomic mass is 9.99. The number of rotatable bonds is 6. The lowest BCUT2D eigenvalue weighted by Gasteiger charge is -2.10. The molecule has 0 atom stereocenters. The van der Waals surface area contributed by atoms with Crippen molar-refractivity contribution in [2.45, 2.75) is 0 Å². The Labute approximate surface area is 322 Å². The molecule has 8 aromatic carbocycles. The van der Waals surface area contributed by atoms with Gasteiger partial charge >= 0.3 is 0 Å². The van der Waals surface area contributed by atoms with E-state index in [-0.39, 0.29) is 0 Å². The second-order valence-corrected chi connectivity index (χ2v) is 14.0. The van der Waals surface area contributed by atoms with E-state index in [0.29, 0.717) is 17.5 Å². The molecule has 0 saturated heterocycles. The van der Waals surface area contributed by atoms with E-state index in [1.165, 1.54) is 22.1 Å². The predicted octanol–water partition coefficient (Wildman–Crippen LogP) is 13.2. The Morgan fingerprint density at radius 3 is 1.52 bits per heavy atom. The van der Waals surface area contributed by atoms with Gasteiger partial charge in [-0.15, -0.1) is 0 Å². The lowest BCUT2D eigenvalue weighted by molar-refractivity contribution is 0.671. The lowest BCUT2D eigenvalue weighted by Crippen LogP contribution is -2.00. The van der Waals surface area contributed by atoms with Crippen LogP contribution in [0.5, 0.6) is 0 Å². The highest BCUT2D eigenvalue weighted by Gasteiger charge is 2.20. The average molecular weight is 717 g/mol. The summed E-state index contributed by atoms with van der Waals surface area (Å²) in [6.45, 7) is 0. The monoisotopic (exact) mass is 716 g/mol. The SMILES string of the molecule is c1ccc(-c2cccc(-c3ccc(-n4c5ccccc5c5ccc6c7cc(-c8nc(-c9ccccc9)nc(-c9ccccc9)n8)ccc7oc6c54)cc3)c2)cc1. The van der Waals surface area contributed by atoms with Crippen LogP contribution < -0.4 is 0 Å². The van der Waals surface area contributed by atoms with E-state index in [1.54, 1.807) is 0 Å². The van der Waals surface area contributed by atoms with Crippen molar-refractivity contribution in [3.8, 4) is 62.1 Å². The number of para-hydroxylation sites is 1. The van der Waals surface area contributed by atoms with Crippen molar-refractivity contribution in [1.82, 2.24) is 19.5 Å². The summed E-state index contributed by atoms with van der Waals surface area (Å²) in [6, 6.07) is 67.5. The molecule has 0 bridgehead atoms. The van der Waals surface area contributed by atoms with Crippen LogP contribution in [-0.2, 0) is 0 Å². The van der Waals surface area contributed by atoms with Crippen molar-refractivity contribution in [1.29, 1.82) is 0 Å². The molecule has 56 heavy (non-hydrogen) atoms. The van der Waals surface area contributed by atoms with E-state index in [9.17, 15) is 0 Å². The van der Waals surface area contributed by atoms with Crippen LogP contribution in [0.3, 0.4) is 0 Å². The molecule has 0 aliphatic carbocycles. The normalized spacial score (nSPS) is 11.6. The molecular weight excluding hydrogens is 685 g/mol. The van der Waals surface area contributed by atoms with Crippen LogP contribution in [0.15, 0.2) is 199 Å². The summed E-state index contributed by atoms with van der Waals surface area (Å²) < 4.78 is 9.15. The molecule has 0 spiro atoms. The number of hydrogen-bond donors (Lipinski definition) is 0. The maximum atomic E-state index is 6.81. The molecule has 0 N–H and O–H groups in total. The van der Waals surface area contributed by atoms with Crippen molar-refractivity contribution >= 4 is 43.7 Å². The van der Waals surface area contributed by atoms with Crippen molar-refractivity contribution < 1.29 is 4.42 Å². The Morgan fingerprint density at radius 1 is 0.339 bits per heavy atom. The maximum Gasteiger partial charge on any atom is 0.164 e. The third-order valence-corrected chi connectivity index (χ3v) is 10.7. The van der Waals surface area contributed by atoms with E-state index >= 15 is 0 Å². The zero-order valence-electron chi connectivity index (χ0n) is 30.2. The fourth-order valence-corrected chi connectivity index (χ4v) is 7.94. The van der Waals surface area contributed by atoms with E-state index in [2.05, 4.69) is 126 Å². The second kappa shape index (κ2) is 13.0. The molecule has 0 aliphatic heterocycles. The van der Waals surface area contributed by atoms with Gasteiger partial charge in [0.25, 0.3) is 0 Å². The average Bonchev–Trinajstić information content (AvgIpc) is 3.83. The molecule has 11 aromatic rings. The molecule has 5 nitrogen and oxygen atoms in total. The predicted molar refractivity (Wildman–Crippen MR) is 229 cm³/mol. The van der Waals surface area contributed by atoms with Crippen LogP contribution in [0.25, 0.3) is 106 Å². The smallest absolute Gasteiger partial charge is 0.164 e. The van der Waals surface area contributed by atoms with Gasteiger partial charge in [-0.05, 0) is 70.8 Å². The number of hydrogen-bond acceptors (Lipinski definition) is 4. The quantitative estimate of drug-likeness (QED) is 0.172.